The summed E-state index contributed by atoms with van der Waals surface area (Å²) in [5.74, 6) is 0.988. The Bertz CT molecular complexity index is 952. The smallest absolute Gasteiger partial charge is 0.236 e. The van der Waals surface area contributed by atoms with Crippen LogP contribution >= 0.6 is 0 Å². The van der Waals surface area contributed by atoms with Gasteiger partial charge in [0.2, 0.25) is 5.91 Å². The number of para-hydroxylation sites is 1. The maximum Gasteiger partial charge on any atom is 0.236 e. The Labute approximate surface area is 157 Å². The molecule has 27 heavy (non-hydrogen) atoms. The highest BCUT2D eigenvalue weighted by molar-refractivity contribution is 6.06. The molecule has 0 aliphatic carbocycles. The van der Waals surface area contributed by atoms with Crippen molar-refractivity contribution < 1.29 is 9.53 Å². The fourth-order valence-corrected chi connectivity index (χ4v) is 3.06. The average Bonchev–Trinajstić information content (AvgIpc) is 3.05. The minimum Gasteiger partial charge on any atom is -0.382 e. The number of hydrogen-bond acceptors (Lipinski definition) is 6. The first kappa shape index (κ1) is 19.1. The number of aromatic nitrogens is 3. The lowest BCUT2D eigenvalue weighted by atomic mass is 10.2. The summed E-state index contributed by atoms with van der Waals surface area (Å²) in [5.41, 5.74) is 14.3. The van der Waals surface area contributed by atoms with Gasteiger partial charge in [-0.2, -0.15) is 0 Å². The molecule has 1 aromatic carbocycles. The summed E-state index contributed by atoms with van der Waals surface area (Å²) in [4.78, 5) is 21.1. The molecule has 2 heterocycles. The molecule has 5 N–H and O–H groups in total. The first-order valence-electron chi connectivity index (χ1n) is 9.21. The number of ether oxygens (including phenoxy) is 1. The van der Waals surface area contributed by atoms with E-state index in [0.29, 0.717) is 44.1 Å². The van der Waals surface area contributed by atoms with Gasteiger partial charge < -0.3 is 26.1 Å². The van der Waals surface area contributed by atoms with E-state index >= 15 is 0 Å². The number of nitrogens with two attached hydrogens (primary N) is 2. The van der Waals surface area contributed by atoms with Crippen LogP contribution in [0.1, 0.15) is 26.1 Å². The van der Waals surface area contributed by atoms with Crippen molar-refractivity contribution in [3.8, 4) is 0 Å². The maximum absolute atomic E-state index is 12.0. The number of rotatable bonds is 8. The minimum absolute atomic E-state index is 0.153. The normalized spacial score (nSPS) is 12.6. The van der Waals surface area contributed by atoms with E-state index in [0.717, 1.165) is 22.2 Å². The molecular formula is C19H26N6O2. The molecule has 8 heteroatoms. The quantitative estimate of drug-likeness (QED) is 0.553. The standard InChI is InChI=1S/C19H26N6O2/c1-3-13(20)19(26)22-9-10-25-15(11-27-4-2)24-16-17(25)12-7-5-6-8-14(12)23-18(16)21/h5-8,13H,3-4,9-11,20H2,1-2H3,(H2,21,23)(H,22,26)/t13-/m0/s1. The van der Waals surface area contributed by atoms with Gasteiger partial charge in [0.1, 0.15) is 17.9 Å². The molecule has 0 fully saturated rings. The summed E-state index contributed by atoms with van der Waals surface area (Å²) in [6.07, 6.45) is 0.599. The molecule has 8 nitrogen and oxygen atoms in total. The van der Waals surface area contributed by atoms with Gasteiger partial charge in [-0.1, -0.05) is 25.1 Å². The number of carbonyl (C=O) groups is 1. The Morgan fingerprint density at radius 2 is 2.07 bits per heavy atom. The summed E-state index contributed by atoms with van der Waals surface area (Å²) in [6, 6.07) is 7.31. The van der Waals surface area contributed by atoms with Crippen LogP contribution in [0.2, 0.25) is 0 Å². The van der Waals surface area contributed by atoms with E-state index in [2.05, 4.69) is 15.3 Å². The van der Waals surface area contributed by atoms with E-state index < -0.39 is 6.04 Å². The van der Waals surface area contributed by atoms with Crippen LogP contribution in [0, 0.1) is 0 Å². The molecule has 0 radical (unpaired) electrons. The molecule has 0 aliphatic heterocycles. The first-order valence-corrected chi connectivity index (χ1v) is 9.21. The molecular weight excluding hydrogens is 344 g/mol. The largest absolute Gasteiger partial charge is 0.382 e. The molecule has 1 atom stereocenters. The van der Waals surface area contributed by atoms with Crippen LogP contribution in [0.4, 0.5) is 5.82 Å². The molecule has 3 rings (SSSR count). The number of pyridine rings is 1. The second-order valence-electron chi connectivity index (χ2n) is 6.33. The van der Waals surface area contributed by atoms with E-state index in [4.69, 9.17) is 16.2 Å². The fourth-order valence-electron chi connectivity index (χ4n) is 3.06. The monoisotopic (exact) mass is 370 g/mol. The number of amides is 1. The molecule has 0 saturated carbocycles. The van der Waals surface area contributed by atoms with Crippen molar-refractivity contribution in [2.75, 3.05) is 18.9 Å². The molecule has 144 valence electrons. The summed E-state index contributed by atoms with van der Waals surface area (Å²) in [5, 5.41) is 3.85. The van der Waals surface area contributed by atoms with Gasteiger partial charge in [0.15, 0.2) is 5.82 Å². The number of anilines is 1. The predicted octanol–water partition coefficient (Wildman–Crippen LogP) is 1.56. The van der Waals surface area contributed by atoms with Crippen molar-refractivity contribution in [2.24, 2.45) is 5.73 Å². The number of imidazole rings is 1. The highest BCUT2D eigenvalue weighted by Crippen LogP contribution is 2.28. The van der Waals surface area contributed by atoms with Crippen LogP contribution in [0.5, 0.6) is 0 Å². The zero-order valence-electron chi connectivity index (χ0n) is 15.7. The Morgan fingerprint density at radius 1 is 1.30 bits per heavy atom. The van der Waals surface area contributed by atoms with Crippen LogP contribution in [0.3, 0.4) is 0 Å². The lowest BCUT2D eigenvalue weighted by molar-refractivity contribution is -0.122. The third-order valence-corrected chi connectivity index (χ3v) is 4.54. The Morgan fingerprint density at radius 3 is 2.81 bits per heavy atom. The van der Waals surface area contributed by atoms with Crippen molar-refractivity contribution in [3.63, 3.8) is 0 Å². The molecule has 0 aliphatic rings. The zero-order valence-corrected chi connectivity index (χ0v) is 15.7. The van der Waals surface area contributed by atoms with Crippen LogP contribution < -0.4 is 16.8 Å². The second-order valence-corrected chi connectivity index (χ2v) is 6.33. The molecule has 0 spiro atoms. The Balaban J connectivity index is 2.00. The van der Waals surface area contributed by atoms with Gasteiger partial charge in [-0.15, -0.1) is 0 Å². The maximum atomic E-state index is 12.0. The van der Waals surface area contributed by atoms with Crippen LogP contribution in [-0.2, 0) is 22.7 Å². The van der Waals surface area contributed by atoms with Gasteiger partial charge in [-0.05, 0) is 19.4 Å². The molecule has 3 aromatic rings. The molecule has 0 bridgehead atoms. The van der Waals surface area contributed by atoms with E-state index in [1.165, 1.54) is 0 Å². The summed E-state index contributed by atoms with van der Waals surface area (Å²) in [6.45, 7) is 5.74. The number of nitrogens with zero attached hydrogens (tertiary/aromatic N) is 3. The van der Waals surface area contributed by atoms with Crippen LogP contribution in [0.25, 0.3) is 21.9 Å². The minimum atomic E-state index is -0.492. The molecule has 0 saturated heterocycles. The Hall–Kier alpha value is -2.71. The average molecular weight is 370 g/mol. The van der Waals surface area contributed by atoms with E-state index in [1.54, 1.807) is 0 Å². The van der Waals surface area contributed by atoms with Gasteiger partial charge >= 0.3 is 0 Å². The lowest BCUT2D eigenvalue weighted by Crippen LogP contribution is -2.41. The first-order chi connectivity index (χ1) is 13.1. The number of fused-ring (bicyclic) bond motifs is 3. The SMILES string of the molecule is CCOCc1nc2c(N)nc3ccccc3c2n1CCNC(=O)[C@@H](N)CC. The number of nitrogens with one attached hydrogen (secondary N) is 1. The van der Waals surface area contributed by atoms with Crippen LogP contribution in [-0.4, -0.2) is 39.6 Å². The molecule has 0 unspecified atom stereocenters. The highest BCUT2D eigenvalue weighted by Gasteiger charge is 2.18. The van der Waals surface area contributed by atoms with Crippen molar-refractivity contribution in [3.05, 3.63) is 30.1 Å². The number of benzene rings is 1. The predicted molar refractivity (Wildman–Crippen MR) is 106 cm³/mol. The van der Waals surface area contributed by atoms with Gasteiger partial charge in [-0.25, -0.2) is 9.97 Å². The summed E-state index contributed by atoms with van der Waals surface area (Å²) < 4.78 is 7.62. The van der Waals surface area contributed by atoms with Gasteiger partial charge in [-0.3, -0.25) is 4.79 Å². The van der Waals surface area contributed by atoms with Crippen molar-refractivity contribution in [1.82, 2.24) is 19.9 Å². The molecule has 2 aromatic heterocycles. The number of carbonyl (C=O) groups excluding carboxylic acids is 1. The molecule has 1 amide bonds. The third-order valence-electron chi connectivity index (χ3n) is 4.54. The van der Waals surface area contributed by atoms with E-state index in [9.17, 15) is 4.79 Å². The van der Waals surface area contributed by atoms with Gasteiger partial charge in [0, 0.05) is 25.1 Å². The van der Waals surface area contributed by atoms with E-state index in [-0.39, 0.29) is 5.91 Å². The second kappa shape index (κ2) is 8.32. The lowest BCUT2D eigenvalue weighted by Gasteiger charge is -2.13. The van der Waals surface area contributed by atoms with Gasteiger partial charge in [0.05, 0.1) is 17.1 Å². The number of nitrogen functional groups attached to an aromatic ring is 1. The summed E-state index contributed by atoms with van der Waals surface area (Å²) >= 11 is 0. The van der Waals surface area contributed by atoms with Crippen LogP contribution in [0.15, 0.2) is 24.3 Å². The van der Waals surface area contributed by atoms with Crippen molar-refractivity contribution in [1.29, 1.82) is 0 Å². The highest BCUT2D eigenvalue weighted by atomic mass is 16.5. The van der Waals surface area contributed by atoms with Gasteiger partial charge in [0.25, 0.3) is 0 Å². The number of hydrogen-bond donors (Lipinski definition) is 3. The Kier molecular flexibility index (Phi) is 5.88. The summed E-state index contributed by atoms with van der Waals surface area (Å²) in [7, 11) is 0. The zero-order chi connectivity index (χ0) is 19.4. The topological polar surface area (TPSA) is 121 Å². The van der Waals surface area contributed by atoms with Crippen molar-refractivity contribution in [2.45, 2.75) is 39.5 Å². The fraction of sp³-hybridized carbons (Fsp3) is 0.421. The van der Waals surface area contributed by atoms with Crippen molar-refractivity contribution >= 4 is 33.7 Å². The third kappa shape index (κ3) is 3.86. The van der Waals surface area contributed by atoms with E-state index in [1.807, 2.05) is 42.7 Å².